The monoisotopic (exact) mass is 284 g/mol. The average Bonchev–Trinajstić information content (AvgIpc) is 2.39. The first kappa shape index (κ1) is 15.4. The summed E-state index contributed by atoms with van der Waals surface area (Å²) in [6, 6.07) is 3.58. The zero-order valence-corrected chi connectivity index (χ0v) is 11.6. The minimum atomic E-state index is -0.534. The first-order valence-electron chi connectivity index (χ1n) is 7.19. The third kappa shape index (κ3) is 5.15. The fourth-order valence-corrected chi connectivity index (χ4v) is 2.52. The van der Waals surface area contributed by atoms with E-state index in [4.69, 9.17) is 0 Å². The van der Waals surface area contributed by atoms with Crippen molar-refractivity contribution in [2.75, 3.05) is 26.2 Å². The number of benzene rings is 1. The van der Waals surface area contributed by atoms with E-state index in [-0.39, 0.29) is 6.10 Å². The molecule has 1 aromatic carbocycles. The smallest absolute Gasteiger partial charge is 0.126 e. The Morgan fingerprint density at radius 2 is 1.80 bits per heavy atom. The Morgan fingerprint density at radius 1 is 1.15 bits per heavy atom. The van der Waals surface area contributed by atoms with Crippen molar-refractivity contribution in [1.82, 2.24) is 10.2 Å². The second kappa shape index (κ2) is 7.67. The van der Waals surface area contributed by atoms with Crippen molar-refractivity contribution in [1.29, 1.82) is 0 Å². The van der Waals surface area contributed by atoms with Crippen LogP contribution in [0.2, 0.25) is 0 Å². The third-order valence-corrected chi connectivity index (χ3v) is 3.64. The topological polar surface area (TPSA) is 35.5 Å². The van der Waals surface area contributed by atoms with Gasteiger partial charge in [-0.3, -0.25) is 0 Å². The van der Waals surface area contributed by atoms with Crippen LogP contribution < -0.4 is 5.32 Å². The van der Waals surface area contributed by atoms with Crippen molar-refractivity contribution in [3.05, 3.63) is 35.4 Å². The number of hydrogen-bond donors (Lipinski definition) is 2. The summed E-state index contributed by atoms with van der Waals surface area (Å²) in [6.07, 6.45) is 2.58. The molecule has 1 fully saturated rings. The lowest BCUT2D eigenvalue weighted by atomic mass is 10.1. The van der Waals surface area contributed by atoms with Gasteiger partial charge < -0.3 is 15.3 Å². The molecular formula is C15H22F2N2O. The molecule has 0 saturated carbocycles. The van der Waals surface area contributed by atoms with Gasteiger partial charge in [0.25, 0.3) is 0 Å². The van der Waals surface area contributed by atoms with Gasteiger partial charge in [-0.25, -0.2) is 8.78 Å². The molecule has 1 saturated heterocycles. The van der Waals surface area contributed by atoms with Crippen LogP contribution in [-0.2, 0) is 6.54 Å². The highest BCUT2D eigenvalue weighted by molar-refractivity contribution is 5.17. The summed E-state index contributed by atoms with van der Waals surface area (Å²) in [6.45, 7) is 4.20. The van der Waals surface area contributed by atoms with Gasteiger partial charge in [0.1, 0.15) is 11.6 Å². The summed E-state index contributed by atoms with van der Waals surface area (Å²) in [5.74, 6) is -1.07. The second-order valence-corrected chi connectivity index (χ2v) is 5.38. The lowest BCUT2D eigenvalue weighted by Gasteiger charge is -2.29. The number of rotatable bonds is 6. The summed E-state index contributed by atoms with van der Waals surface area (Å²) >= 11 is 0. The summed E-state index contributed by atoms with van der Waals surface area (Å²) in [5.41, 5.74) is 0.628. The molecule has 112 valence electrons. The van der Waals surface area contributed by atoms with E-state index >= 15 is 0 Å². The SMILES string of the molecule is OC1CCN(CCCNCc2cc(F)cc(F)c2)CC1. The predicted molar refractivity (Wildman–Crippen MR) is 74.4 cm³/mol. The van der Waals surface area contributed by atoms with Gasteiger partial charge in [0, 0.05) is 25.7 Å². The van der Waals surface area contributed by atoms with Crippen molar-refractivity contribution < 1.29 is 13.9 Å². The molecule has 20 heavy (non-hydrogen) atoms. The highest BCUT2D eigenvalue weighted by Gasteiger charge is 2.15. The highest BCUT2D eigenvalue weighted by atomic mass is 19.1. The Balaban J connectivity index is 1.59. The quantitative estimate of drug-likeness (QED) is 0.783. The van der Waals surface area contributed by atoms with Crippen molar-refractivity contribution >= 4 is 0 Å². The molecule has 1 aliphatic rings. The van der Waals surface area contributed by atoms with Gasteiger partial charge in [-0.15, -0.1) is 0 Å². The molecule has 1 aromatic rings. The van der Waals surface area contributed by atoms with Crippen molar-refractivity contribution in [2.45, 2.75) is 31.9 Å². The van der Waals surface area contributed by atoms with E-state index in [0.29, 0.717) is 12.1 Å². The van der Waals surface area contributed by atoms with Crippen LogP contribution in [0.5, 0.6) is 0 Å². The number of nitrogens with one attached hydrogen (secondary N) is 1. The van der Waals surface area contributed by atoms with Crippen LogP contribution in [0, 0.1) is 11.6 Å². The van der Waals surface area contributed by atoms with E-state index in [9.17, 15) is 13.9 Å². The van der Waals surface area contributed by atoms with Gasteiger partial charge in [-0.1, -0.05) is 0 Å². The van der Waals surface area contributed by atoms with Gasteiger partial charge in [-0.2, -0.15) is 0 Å². The summed E-state index contributed by atoms with van der Waals surface area (Å²) < 4.78 is 26.0. The first-order chi connectivity index (χ1) is 9.63. The molecule has 0 bridgehead atoms. The number of aliphatic hydroxyl groups excluding tert-OH is 1. The Labute approximate surface area is 118 Å². The molecule has 2 rings (SSSR count). The summed E-state index contributed by atoms with van der Waals surface area (Å²) in [7, 11) is 0. The fourth-order valence-electron chi connectivity index (χ4n) is 2.52. The Hall–Kier alpha value is -1.04. The molecule has 2 N–H and O–H groups in total. The van der Waals surface area contributed by atoms with Crippen LogP contribution in [0.25, 0.3) is 0 Å². The first-order valence-corrected chi connectivity index (χ1v) is 7.19. The van der Waals surface area contributed by atoms with E-state index in [0.717, 1.165) is 51.5 Å². The van der Waals surface area contributed by atoms with Gasteiger partial charge in [0.2, 0.25) is 0 Å². The zero-order valence-electron chi connectivity index (χ0n) is 11.6. The van der Waals surface area contributed by atoms with Crippen molar-refractivity contribution in [3.63, 3.8) is 0 Å². The maximum absolute atomic E-state index is 13.0. The number of aliphatic hydroxyl groups is 1. The largest absolute Gasteiger partial charge is 0.393 e. The molecule has 5 heteroatoms. The normalized spacial score (nSPS) is 17.6. The van der Waals surface area contributed by atoms with Gasteiger partial charge in [0.15, 0.2) is 0 Å². The minimum absolute atomic E-state index is 0.132. The molecule has 0 atom stereocenters. The third-order valence-electron chi connectivity index (χ3n) is 3.64. The Bertz CT molecular complexity index is 400. The molecule has 1 heterocycles. The molecule has 0 unspecified atom stereocenters. The number of piperidine rings is 1. The summed E-state index contributed by atoms with van der Waals surface area (Å²) in [5, 5.41) is 12.6. The maximum Gasteiger partial charge on any atom is 0.126 e. The predicted octanol–water partition coefficient (Wildman–Crippen LogP) is 1.90. The van der Waals surface area contributed by atoms with Gasteiger partial charge in [0.05, 0.1) is 6.10 Å². The van der Waals surface area contributed by atoms with Crippen LogP contribution >= 0.6 is 0 Å². The van der Waals surface area contributed by atoms with E-state index in [1.54, 1.807) is 0 Å². The molecule has 1 aliphatic heterocycles. The Kier molecular flexibility index (Phi) is 5.88. The highest BCUT2D eigenvalue weighted by Crippen LogP contribution is 2.10. The molecule has 0 aromatic heterocycles. The lowest BCUT2D eigenvalue weighted by Crippen LogP contribution is -2.37. The molecule has 0 spiro atoms. The van der Waals surface area contributed by atoms with Crippen LogP contribution in [0.1, 0.15) is 24.8 Å². The number of hydrogen-bond acceptors (Lipinski definition) is 3. The molecule has 3 nitrogen and oxygen atoms in total. The Morgan fingerprint density at radius 3 is 2.45 bits per heavy atom. The maximum atomic E-state index is 13.0. The number of halogens is 2. The van der Waals surface area contributed by atoms with Gasteiger partial charge >= 0.3 is 0 Å². The van der Waals surface area contributed by atoms with Crippen LogP contribution in [-0.4, -0.2) is 42.3 Å². The van der Waals surface area contributed by atoms with E-state index < -0.39 is 11.6 Å². The van der Waals surface area contributed by atoms with Gasteiger partial charge in [-0.05, 0) is 50.0 Å². The molecular weight excluding hydrogens is 262 g/mol. The average molecular weight is 284 g/mol. The lowest BCUT2D eigenvalue weighted by molar-refractivity contribution is 0.0821. The van der Waals surface area contributed by atoms with Crippen LogP contribution in [0.15, 0.2) is 18.2 Å². The minimum Gasteiger partial charge on any atom is -0.393 e. The number of nitrogens with zero attached hydrogens (tertiary/aromatic N) is 1. The standard InChI is InChI=1S/C15H22F2N2O/c16-13-8-12(9-14(17)10-13)11-18-4-1-5-19-6-2-15(20)3-7-19/h8-10,15,18,20H,1-7,11H2. The van der Waals surface area contributed by atoms with E-state index in [2.05, 4.69) is 10.2 Å². The molecule has 0 radical (unpaired) electrons. The number of likely N-dealkylation sites (tertiary alicyclic amines) is 1. The van der Waals surface area contributed by atoms with Crippen molar-refractivity contribution in [3.8, 4) is 0 Å². The van der Waals surface area contributed by atoms with E-state index in [1.165, 1.54) is 12.1 Å². The molecule has 0 aliphatic carbocycles. The van der Waals surface area contributed by atoms with Crippen molar-refractivity contribution in [2.24, 2.45) is 0 Å². The summed E-state index contributed by atoms with van der Waals surface area (Å²) in [4.78, 5) is 2.34. The molecule has 0 amide bonds. The van der Waals surface area contributed by atoms with Crippen LogP contribution in [0.3, 0.4) is 0 Å². The van der Waals surface area contributed by atoms with E-state index in [1.807, 2.05) is 0 Å². The second-order valence-electron chi connectivity index (χ2n) is 5.38. The van der Waals surface area contributed by atoms with Crippen LogP contribution in [0.4, 0.5) is 8.78 Å². The zero-order chi connectivity index (χ0) is 14.4. The fraction of sp³-hybridized carbons (Fsp3) is 0.600.